The second-order valence-corrected chi connectivity index (χ2v) is 6.73. The van der Waals surface area contributed by atoms with Gasteiger partial charge in [-0.1, -0.05) is 0 Å². The van der Waals surface area contributed by atoms with Crippen LogP contribution in [0.5, 0.6) is 0 Å². The van der Waals surface area contributed by atoms with Gasteiger partial charge in [0, 0.05) is 39.8 Å². The van der Waals surface area contributed by atoms with Gasteiger partial charge in [-0.3, -0.25) is 4.99 Å². The molecule has 8 heteroatoms. The van der Waals surface area contributed by atoms with E-state index in [0.717, 1.165) is 12.4 Å². The van der Waals surface area contributed by atoms with Crippen molar-refractivity contribution in [2.75, 3.05) is 34.4 Å². The van der Waals surface area contributed by atoms with Crippen LogP contribution in [-0.2, 0) is 9.47 Å². The van der Waals surface area contributed by atoms with Crippen molar-refractivity contribution in [2.24, 2.45) is 4.99 Å². The van der Waals surface area contributed by atoms with E-state index in [1.54, 1.807) is 26.1 Å². The molecule has 0 aliphatic heterocycles. The first kappa shape index (κ1) is 25.5. The maximum atomic E-state index is 12.0. The number of hydrogen-bond donors (Lipinski definition) is 2. The minimum Gasteiger partial charge on any atom is -0.444 e. The van der Waals surface area contributed by atoms with Crippen LogP contribution in [-0.4, -0.2) is 69.0 Å². The Balaban J connectivity index is 0. The zero-order chi connectivity index (χ0) is 18.0. The van der Waals surface area contributed by atoms with Crippen LogP contribution in [0.2, 0.25) is 0 Å². The number of hydrogen-bond acceptors (Lipinski definition) is 4. The van der Waals surface area contributed by atoms with E-state index in [4.69, 9.17) is 9.47 Å². The van der Waals surface area contributed by atoms with Crippen LogP contribution < -0.4 is 10.6 Å². The van der Waals surface area contributed by atoms with E-state index >= 15 is 0 Å². The van der Waals surface area contributed by atoms with Crippen LogP contribution in [0.1, 0.15) is 41.0 Å². The number of guanidine groups is 1. The minimum absolute atomic E-state index is 0. The zero-order valence-electron chi connectivity index (χ0n) is 16.3. The van der Waals surface area contributed by atoms with E-state index in [1.807, 2.05) is 34.6 Å². The molecule has 0 radical (unpaired) electrons. The molecule has 1 amide bonds. The summed E-state index contributed by atoms with van der Waals surface area (Å²) in [6, 6.07) is 0.236. The molecule has 7 nitrogen and oxygen atoms in total. The van der Waals surface area contributed by atoms with Gasteiger partial charge in [0.15, 0.2) is 5.96 Å². The first-order chi connectivity index (χ1) is 10.6. The predicted molar refractivity (Wildman–Crippen MR) is 109 cm³/mol. The van der Waals surface area contributed by atoms with E-state index in [-0.39, 0.29) is 42.2 Å². The molecular formula is C16H35IN4O3. The van der Waals surface area contributed by atoms with Gasteiger partial charge in [0.2, 0.25) is 0 Å². The molecule has 144 valence electrons. The van der Waals surface area contributed by atoms with Crippen molar-refractivity contribution < 1.29 is 14.3 Å². The average Bonchev–Trinajstić information content (AvgIpc) is 2.43. The standard InChI is InChI=1S/C16H34N4O3.HI/c1-12(11-22-8)19-14(17-6)18-10-9-13(2)20(7)15(21)23-16(3,4)5;/h12-13H,9-11H2,1-8H3,(H2,17,18,19);1H. The van der Waals surface area contributed by atoms with Gasteiger partial charge in [-0.15, -0.1) is 24.0 Å². The highest BCUT2D eigenvalue weighted by Crippen LogP contribution is 2.11. The topological polar surface area (TPSA) is 75.2 Å². The fourth-order valence-electron chi connectivity index (χ4n) is 1.83. The molecule has 0 aromatic carbocycles. The highest BCUT2D eigenvalue weighted by molar-refractivity contribution is 14.0. The highest BCUT2D eigenvalue weighted by Gasteiger charge is 2.22. The third-order valence-electron chi connectivity index (χ3n) is 3.22. The maximum absolute atomic E-state index is 12.0. The summed E-state index contributed by atoms with van der Waals surface area (Å²) < 4.78 is 10.5. The smallest absolute Gasteiger partial charge is 0.410 e. The third-order valence-corrected chi connectivity index (χ3v) is 3.22. The molecule has 2 unspecified atom stereocenters. The molecular weight excluding hydrogens is 423 g/mol. The fourth-order valence-corrected chi connectivity index (χ4v) is 1.83. The molecule has 0 spiro atoms. The van der Waals surface area contributed by atoms with Crippen LogP contribution in [0, 0.1) is 0 Å². The van der Waals surface area contributed by atoms with Gasteiger partial charge in [-0.05, 0) is 41.0 Å². The van der Waals surface area contributed by atoms with Crippen molar-refractivity contribution in [1.29, 1.82) is 0 Å². The van der Waals surface area contributed by atoms with Crippen LogP contribution in [0.4, 0.5) is 4.79 Å². The number of ether oxygens (including phenoxy) is 2. The van der Waals surface area contributed by atoms with E-state index in [2.05, 4.69) is 15.6 Å². The lowest BCUT2D eigenvalue weighted by Crippen LogP contribution is -2.45. The number of halogens is 1. The predicted octanol–water partition coefficient (Wildman–Crippen LogP) is 2.45. The summed E-state index contributed by atoms with van der Waals surface area (Å²) in [5.74, 6) is 0.724. The van der Waals surface area contributed by atoms with Gasteiger partial charge in [0.1, 0.15) is 5.60 Å². The molecule has 0 aromatic rings. The zero-order valence-corrected chi connectivity index (χ0v) is 18.6. The molecule has 0 bridgehead atoms. The van der Waals surface area contributed by atoms with Crippen LogP contribution >= 0.6 is 24.0 Å². The molecule has 0 fully saturated rings. The van der Waals surface area contributed by atoms with Crippen molar-refractivity contribution in [3.63, 3.8) is 0 Å². The molecule has 0 heterocycles. The molecule has 0 saturated heterocycles. The van der Waals surface area contributed by atoms with Crippen LogP contribution in [0.3, 0.4) is 0 Å². The van der Waals surface area contributed by atoms with E-state index in [0.29, 0.717) is 13.2 Å². The summed E-state index contributed by atoms with van der Waals surface area (Å²) in [6.45, 7) is 10.9. The lowest BCUT2D eigenvalue weighted by Gasteiger charge is -2.29. The number of amides is 1. The summed E-state index contributed by atoms with van der Waals surface area (Å²) in [6.07, 6.45) is 0.482. The van der Waals surface area contributed by atoms with Gasteiger partial charge in [-0.2, -0.15) is 0 Å². The second kappa shape index (κ2) is 12.6. The number of aliphatic imine (C=N–C) groups is 1. The Morgan fingerprint density at radius 1 is 1.29 bits per heavy atom. The summed E-state index contributed by atoms with van der Waals surface area (Å²) >= 11 is 0. The van der Waals surface area contributed by atoms with Crippen molar-refractivity contribution in [3.8, 4) is 0 Å². The summed E-state index contributed by atoms with van der Waals surface area (Å²) in [4.78, 5) is 17.8. The van der Waals surface area contributed by atoms with Crippen LogP contribution in [0.15, 0.2) is 4.99 Å². The highest BCUT2D eigenvalue weighted by atomic mass is 127. The van der Waals surface area contributed by atoms with E-state index in [1.165, 1.54) is 0 Å². The largest absolute Gasteiger partial charge is 0.444 e. The number of carbonyl (C=O) groups excluding carboxylic acids is 1. The third kappa shape index (κ3) is 11.7. The Kier molecular flexibility index (Phi) is 13.3. The molecule has 24 heavy (non-hydrogen) atoms. The average molecular weight is 458 g/mol. The number of carbonyl (C=O) groups is 1. The number of methoxy groups -OCH3 is 1. The lowest BCUT2D eigenvalue weighted by atomic mass is 10.2. The number of rotatable bonds is 7. The summed E-state index contributed by atoms with van der Waals surface area (Å²) in [7, 11) is 5.15. The molecule has 0 rings (SSSR count). The molecule has 2 N–H and O–H groups in total. The molecule has 0 aliphatic carbocycles. The molecule has 0 aromatic heterocycles. The monoisotopic (exact) mass is 458 g/mol. The first-order valence-electron chi connectivity index (χ1n) is 8.02. The van der Waals surface area contributed by atoms with Gasteiger partial charge < -0.3 is 25.0 Å². The summed E-state index contributed by atoms with van der Waals surface area (Å²) in [5, 5.41) is 6.47. The maximum Gasteiger partial charge on any atom is 0.410 e. The number of nitrogens with one attached hydrogen (secondary N) is 2. The van der Waals surface area contributed by atoms with Gasteiger partial charge in [0.25, 0.3) is 0 Å². The SMILES string of the molecule is CN=C(NCCC(C)N(C)C(=O)OC(C)(C)C)NC(C)COC.I. The number of nitrogens with zero attached hydrogens (tertiary/aromatic N) is 2. The quantitative estimate of drug-likeness (QED) is 0.348. The fraction of sp³-hybridized carbons (Fsp3) is 0.875. The first-order valence-corrected chi connectivity index (χ1v) is 8.02. The van der Waals surface area contributed by atoms with Crippen LogP contribution in [0.25, 0.3) is 0 Å². The Hall–Kier alpha value is -0.770. The second-order valence-electron chi connectivity index (χ2n) is 6.73. The molecule has 0 aliphatic rings. The molecule has 0 saturated carbocycles. The minimum atomic E-state index is -0.479. The lowest BCUT2D eigenvalue weighted by molar-refractivity contribution is 0.0230. The normalized spacial score (nSPS) is 14.2. The summed E-state index contributed by atoms with van der Waals surface area (Å²) in [5.41, 5.74) is -0.479. The Labute approximate surface area is 164 Å². The van der Waals surface area contributed by atoms with Crippen molar-refractivity contribution >= 4 is 36.0 Å². The van der Waals surface area contributed by atoms with Gasteiger partial charge in [-0.25, -0.2) is 4.79 Å². The van der Waals surface area contributed by atoms with E-state index in [9.17, 15) is 4.79 Å². The van der Waals surface area contributed by atoms with Gasteiger partial charge in [0.05, 0.1) is 6.61 Å². The Bertz CT molecular complexity index is 386. The molecule has 2 atom stereocenters. The van der Waals surface area contributed by atoms with Crippen molar-refractivity contribution in [1.82, 2.24) is 15.5 Å². The van der Waals surface area contributed by atoms with Gasteiger partial charge >= 0.3 is 6.09 Å². The Morgan fingerprint density at radius 3 is 2.33 bits per heavy atom. The Morgan fingerprint density at radius 2 is 1.88 bits per heavy atom. The van der Waals surface area contributed by atoms with E-state index < -0.39 is 5.60 Å². The van der Waals surface area contributed by atoms with Crippen molar-refractivity contribution in [3.05, 3.63) is 0 Å². The van der Waals surface area contributed by atoms with Crippen molar-refractivity contribution in [2.45, 2.75) is 58.7 Å².